The molecule has 34 heavy (non-hydrogen) atoms. The molecule has 174 valence electrons. The molecule has 0 radical (unpaired) electrons. The molecule has 0 fully saturated rings. The second-order valence-corrected chi connectivity index (χ2v) is 9.97. The van der Waals surface area contributed by atoms with Gasteiger partial charge in [-0.1, -0.05) is 80.1 Å². The third-order valence-corrected chi connectivity index (χ3v) is 7.64. The Bertz CT molecular complexity index is 1330. The number of carbonyl (C=O) groups is 1. The standard InChI is InChI=1S/C28H28N2O3S/c1-3-5-11-21-16-18-23(19-17-21)29-28(31)27-26(22-12-7-6-8-13-22)24-14-9-10-15-25(24)30(20-4-2)34(27,32)33/h4,6-10,12-19H,2-3,5,11,20H2,1H3,(H,29,31). The largest absolute Gasteiger partial charge is 0.321 e. The summed E-state index contributed by atoms with van der Waals surface area (Å²) in [6, 6.07) is 24.0. The van der Waals surface area contributed by atoms with Crippen LogP contribution in [0.15, 0.2) is 96.4 Å². The van der Waals surface area contributed by atoms with Crippen LogP contribution >= 0.6 is 0 Å². The van der Waals surface area contributed by atoms with Gasteiger partial charge < -0.3 is 5.32 Å². The third-order valence-electron chi connectivity index (χ3n) is 5.81. The summed E-state index contributed by atoms with van der Waals surface area (Å²) in [5.74, 6) is -0.663. The first-order chi connectivity index (χ1) is 16.5. The Morgan fingerprint density at radius 2 is 1.65 bits per heavy atom. The van der Waals surface area contributed by atoms with Gasteiger partial charge in [0, 0.05) is 16.8 Å². The highest BCUT2D eigenvalue weighted by atomic mass is 32.2. The molecule has 6 heteroatoms. The van der Waals surface area contributed by atoms with Gasteiger partial charge >= 0.3 is 0 Å². The lowest BCUT2D eigenvalue weighted by Gasteiger charge is -2.32. The van der Waals surface area contributed by atoms with Gasteiger partial charge in [0.15, 0.2) is 4.91 Å². The number of aryl methyl sites for hydroxylation is 1. The molecule has 1 aliphatic rings. The van der Waals surface area contributed by atoms with Crippen molar-refractivity contribution in [3.63, 3.8) is 0 Å². The molecule has 3 aromatic carbocycles. The van der Waals surface area contributed by atoms with Gasteiger partial charge in [0.05, 0.1) is 12.2 Å². The van der Waals surface area contributed by atoms with Gasteiger partial charge in [-0.3, -0.25) is 9.10 Å². The average molecular weight is 473 g/mol. The lowest BCUT2D eigenvalue weighted by molar-refractivity contribution is -0.112. The number of anilines is 2. The van der Waals surface area contributed by atoms with E-state index in [1.807, 2.05) is 66.7 Å². The molecule has 0 atom stereocenters. The minimum Gasteiger partial charge on any atom is -0.321 e. The van der Waals surface area contributed by atoms with Crippen LogP contribution in [0.2, 0.25) is 0 Å². The van der Waals surface area contributed by atoms with Crippen molar-refractivity contribution in [3.8, 4) is 0 Å². The van der Waals surface area contributed by atoms with E-state index in [2.05, 4.69) is 18.8 Å². The molecule has 0 unspecified atom stereocenters. The number of hydrogen-bond acceptors (Lipinski definition) is 3. The van der Waals surface area contributed by atoms with E-state index < -0.39 is 15.9 Å². The van der Waals surface area contributed by atoms with Crippen molar-refractivity contribution in [2.75, 3.05) is 16.2 Å². The average Bonchev–Trinajstić information content (AvgIpc) is 2.85. The number of unbranched alkanes of at least 4 members (excludes halogenated alkanes) is 1. The van der Waals surface area contributed by atoms with E-state index in [0.717, 1.165) is 19.3 Å². The smallest absolute Gasteiger partial charge is 0.270 e. The van der Waals surface area contributed by atoms with Gasteiger partial charge in [-0.25, -0.2) is 8.42 Å². The third kappa shape index (κ3) is 4.54. The predicted octanol–water partition coefficient (Wildman–Crippen LogP) is 5.76. The zero-order valence-electron chi connectivity index (χ0n) is 19.2. The first-order valence-electron chi connectivity index (χ1n) is 11.4. The fraction of sp³-hybridized carbons (Fsp3) is 0.179. The van der Waals surface area contributed by atoms with Crippen LogP contribution in [0.25, 0.3) is 5.57 Å². The highest BCUT2D eigenvalue weighted by Gasteiger charge is 2.40. The lowest BCUT2D eigenvalue weighted by Crippen LogP contribution is -2.39. The molecule has 1 heterocycles. The van der Waals surface area contributed by atoms with Gasteiger partial charge in [0.1, 0.15) is 0 Å². The second kappa shape index (κ2) is 10.1. The fourth-order valence-corrected chi connectivity index (χ4v) is 5.86. The molecule has 5 nitrogen and oxygen atoms in total. The zero-order chi connectivity index (χ0) is 24.1. The van der Waals surface area contributed by atoms with Crippen molar-refractivity contribution >= 4 is 32.9 Å². The quantitative estimate of drug-likeness (QED) is 0.424. The summed E-state index contributed by atoms with van der Waals surface area (Å²) in [6.45, 7) is 5.92. The van der Waals surface area contributed by atoms with Crippen LogP contribution < -0.4 is 9.62 Å². The summed E-state index contributed by atoms with van der Waals surface area (Å²) in [6.07, 6.45) is 4.69. The molecule has 0 aliphatic carbocycles. The highest BCUT2D eigenvalue weighted by Crippen LogP contribution is 2.42. The maximum atomic E-state index is 13.8. The molecule has 0 saturated heterocycles. The summed E-state index contributed by atoms with van der Waals surface area (Å²) < 4.78 is 28.9. The molecule has 0 saturated carbocycles. The van der Waals surface area contributed by atoms with Gasteiger partial charge in [0.25, 0.3) is 15.9 Å². The number of fused-ring (bicyclic) bond motifs is 1. The molecule has 4 rings (SSSR count). The number of nitrogens with zero attached hydrogens (tertiary/aromatic N) is 1. The van der Waals surface area contributed by atoms with Crippen molar-refractivity contribution in [1.82, 2.24) is 0 Å². The van der Waals surface area contributed by atoms with E-state index in [4.69, 9.17) is 0 Å². The Hall–Kier alpha value is -3.64. The van der Waals surface area contributed by atoms with E-state index in [9.17, 15) is 13.2 Å². The van der Waals surface area contributed by atoms with Crippen molar-refractivity contribution in [1.29, 1.82) is 0 Å². The van der Waals surface area contributed by atoms with Crippen molar-refractivity contribution in [2.45, 2.75) is 26.2 Å². The molecule has 1 amide bonds. The van der Waals surface area contributed by atoms with Gasteiger partial charge in [0.2, 0.25) is 0 Å². The Labute approximate surface area is 201 Å². The van der Waals surface area contributed by atoms with E-state index in [1.54, 1.807) is 12.1 Å². The summed E-state index contributed by atoms with van der Waals surface area (Å²) in [5.41, 5.74) is 4.00. The molecule has 1 N–H and O–H groups in total. The van der Waals surface area contributed by atoms with E-state index in [1.165, 1.54) is 15.9 Å². The van der Waals surface area contributed by atoms with E-state index in [-0.39, 0.29) is 11.4 Å². The summed E-state index contributed by atoms with van der Waals surface area (Å²) in [5, 5.41) is 2.82. The summed E-state index contributed by atoms with van der Waals surface area (Å²) >= 11 is 0. The van der Waals surface area contributed by atoms with Gasteiger partial charge in [-0.15, -0.1) is 6.58 Å². The Morgan fingerprint density at radius 3 is 2.32 bits per heavy atom. The highest BCUT2D eigenvalue weighted by molar-refractivity contribution is 7.97. The number of carbonyl (C=O) groups excluding carboxylic acids is 1. The first-order valence-corrected chi connectivity index (χ1v) is 12.8. The van der Waals surface area contributed by atoms with Gasteiger partial charge in [-0.05, 0) is 42.2 Å². The maximum Gasteiger partial charge on any atom is 0.270 e. The molecule has 0 spiro atoms. The molecular weight excluding hydrogens is 444 g/mol. The first kappa shape index (κ1) is 23.5. The van der Waals surface area contributed by atoms with Gasteiger partial charge in [-0.2, -0.15) is 0 Å². The van der Waals surface area contributed by atoms with E-state index >= 15 is 0 Å². The zero-order valence-corrected chi connectivity index (χ0v) is 20.0. The number of rotatable bonds is 8. The molecule has 1 aliphatic heterocycles. The Kier molecular flexibility index (Phi) is 6.98. The lowest BCUT2D eigenvalue weighted by atomic mass is 9.95. The molecule has 0 bridgehead atoms. The number of amides is 1. The number of hydrogen-bond donors (Lipinski definition) is 1. The van der Waals surface area contributed by atoms with Crippen LogP contribution in [0.4, 0.5) is 11.4 Å². The maximum absolute atomic E-state index is 13.8. The number of benzene rings is 3. The van der Waals surface area contributed by atoms with Crippen molar-refractivity contribution in [3.05, 3.63) is 113 Å². The molecule has 0 aromatic heterocycles. The number of nitrogens with one attached hydrogen (secondary N) is 1. The Balaban J connectivity index is 1.84. The number of sulfonamides is 1. The molecular formula is C28H28N2O3S. The molecule has 3 aromatic rings. The van der Waals surface area contributed by atoms with Crippen molar-refractivity contribution in [2.24, 2.45) is 0 Å². The van der Waals surface area contributed by atoms with Crippen LogP contribution in [0, 0.1) is 0 Å². The van der Waals surface area contributed by atoms with E-state index in [0.29, 0.717) is 28.1 Å². The summed E-state index contributed by atoms with van der Waals surface area (Å²) in [4.78, 5) is 13.3. The van der Waals surface area contributed by atoms with Crippen molar-refractivity contribution < 1.29 is 13.2 Å². The summed E-state index contributed by atoms with van der Waals surface area (Å²) in [7, 11) is -4.15. The minimum atomic E-state index is -4.15. The Morgan fingerprint density at radius 1 is 0.971 bits per heavy atom. The normalized spacial score (nSPS) is 14.4. The minimum absolute atomic E-state index is 0.0598. The van der Waals surface area contributed by atoms with Crippen LogP contribution in [0.1, 0.15) is 36.5 Å². The van der Waals surface area contributed by atoms with Crippen LogP contribution in [-0.2, 0) is 21.2 Å². The van der Waals surface area contributed by atoms with Crippen LogP contribution in [0.5, 0.6) is 0 Å². The SMILES string of the molecule is C=CCN1c2ccccc2C(c2ccccc2)=C(C(=O)Nc2ccc(CCCC)cc2)S1(=O)=O. The number of para-hydroxylation sites is 1. The van der Waals surface area contributed by atoms with Crippen LogP contribution in [-0.4, -0.2) is 20.9 Å². The fourth-order valence-electron chi connectivity index (χ4n) is 4.15. The predicted molar refractivity (Wildman–Crippen MR) is 139 cm³/mol. The van der Waals surface area contributed by atoms with Crippen LogP contribution in [0.3, 0.4) is 0 Å². The topological polar surface area (TPSA) is 66.5 Å². The second-order valence-electron chi connectivity index (χ2n) is 8.17. The monoisotopic (exact) mass is 472 g/mol.